The molecule has 0 radical (unpaired) electrons. The molecular weight excluding hydrogens is 306 g/mol. The molecule has 0 bridgehead atoms. The van der Waals surface area contributed by atoms with E-state index in [1.165, 1.54) is 24.4 Å². The van der Waals surface area contributed by atoms with Gasteiger partial charge in [0.15, 0.2) is 4.90 Å². The van der Waals surface area contributed by atoms with Crippen molar-refractivity contribution in [1.29, 1.82) is 0 Å². The summed E-state index contributed by atoms with van der Waals surface area (Å²) in [7, 11) is -4.03. The molecule has 0 amide bonds. The van der Waals surface area contributed by atoms with E-state index < -0.39 is 20.4 Å². The van der Waals surface area contributed by atoms with Crippen molar-refractivity contribution in [3.05, 3.63) is 58.4 Å². The molecule has 8 heteroatoms. The first kappa shape index (κ1) is 14.2. The lowest BCUT2D eigenvalue weighted by Gasteiger charge is -2.07. The van der Waals surface area contributed by atoms with Gasteiger partial charge in [-0.25, -0.2) is 13.4 Å². The van der Waals surface area contributed by atoms with E-state index in [4.69, 9.17) is 0 Å². The first-order valence-corrected chi connectivity index (χ1v) is 7.82. The highest BCUT2D eigenvalue weighted by atomic mass is 32.2. The van der Waals surface area contributed by atoms with Crippen LogP contribution in [0.25, 0.3) is 11.0 Å². The third-order valence-electron chi connectivity index (χ3n) is 3.32. The second-order valence-corrected chi connectivity index (χ2v) is 6.67. The number of benzene rings is 1. The second kappa shape index (κ2) is 4.92. The summed E-state index contributed by atoms with van der Waals surface area (Å²) in [5.41, 5.74) is 0.652. The normalized spacial score (nSPS) is 11.7. The van der Waals surface area contributed by atoms with Crippen LogP contribution in [-0.2, 0) is 9.84 Å². The van der Waals surface area contributed by atoms with Crippen molar-refractivity contribution in [3.63, 3.8) is 0 Å². The summed E-state index contributed by atoms with van der Waals surface area (Å²) < 4.78 is 25.7. The van der Waals surface area contributed by atoms with E-state index in [0.29, 0.717) is 0 Å². The van der Waals surface area contributed by atoms with E-state index in [1.807, 2.05) is 6.92 Å². The fraction of sp³-hybridized carbons (Fsp3) is 0.0714. The van der Waals surface area contributed by atoms with Crippen molar-refractivity contribution >= 4 is 26.6 Å². The highest BCUT2D eigenvalue weighted by Crippen LogP contribution is 2.34. The number of aryl methyl sites for hydroxylation is 1. The van der Waals surface area contributed by atoms with Gasteiger partial charge in [-0.3, -0.25) is 10.1 Å². The Labute approximate surface area is 125 Å². The molecule has 22 heavy (non-hydrogen) atoms. The van der Waals surface area contributed by atoms with Crippen LogP contribution in [0.15, 0.2) is 52.5 Å². The Morgan fingerprint density at radius 3 is 2.50 bits per heavy atom. The highest BCUT2D eigenvalue weighted by molar-refractivity contribution is 7.91. The predicted octanol–water partition coefficient (Wildman–Crippen LogP) is 2.61. The molecule has 3 aromatic rings. The zero-order valence-electron chi connectivity index (χ0n) is 11.5. The molecule has 0 saturated heterocycles. The van der Waals surface area contributed by atoms with Gasteiger partial charge in [-0.15, -0.1) is 0 Å². The Hall–Kier alpha value is -2.74. The fourth-order valence-electron chi connectivity index (χ4n) is 2.22. The van der Waals surface area contributed by atoms with Gasteiger partial charge in [0.2, 0.25) is 9.84 Å². The lowest BCUT2D eigenvalue weighted by Crippen LogP contribution is -2.07. The minimum Gasteiger partial charge on any atom is -0.346 e. The van der Waals surface area contributed by atoms with Gasteiger partial charge in [-0.2, -0.15) is 0 Å². The Balaban J connectivity index is 2.36. The fourth-order valence-corrected chi connectivity index (χ4v) is 3.81. The van der Waals surface area contributed by atoms with Crippen molar-refractivity contribution in [3.8, 4) is 0 Å². The molecule has 0 aliphatic heterocycles. The largest absolute Gasteiger partial charge is 0.346 e. The molecule has 3 rings (SSSR count). The molecule has 112 valence electrons. The van der Waals surface area contributed by atoms with Crippen LogP contribution in [0.4, 0.5) is 5.69 Å². The van der Waals surface area contributed by atoms with Crippen LogP contribution in [0.1, 0.15) is 5.56 Å². The van der Waals surface area contributed by atoms with Gasteiger partial charge >= 0.3 is 5.69 Å². The van der Waals surface area contributed by atoms with Gasteiger partial charge in [-0.05, 0) is 25.1 Å². The van der Waals surface area contributed by atoms with E-state index >= 15 is 0 Å². The molecule has 0 atom stereocenters. The number of fused-ring (bicyclic) bond motifs is 1. The molecule has 0 fully saturated rings. The number of aromatic amines is 1. The smallest absolute Gasteiger partial charge is 0.307 e. The molecule has 1 N–H and O–H groups in total. The summed E-state index contributed by atoms with van der Waals surface area (Å²) in [4.78, 5) is 16.8. The molecule has 0 unspecified atom stereocenters. The molecule has 0 aliphatic carbocycles. The van der Waals surface area contributed by atoms with Crippen LogP contribution in [0.2, 0.25) is 0 Å². The molecular formula is C14H11N3O4S. The molecule has 0 spiro atoms. The maximum atomic E-state index is 12.8. The Bertz CT molecular complexity index is 975. The van der Waals surface area contributed by atoms with Crippen molar-refractivity contribution in [2.24, 2.45) is 0 Å². The molecule has 2 heterocycles. The maximum absolute atomic E-state index is 12.8. The van der Waals surface area contributed by atoms with Gasteiger partial charge in [0.05, 0.1) is 9.82 Å². The van der Waals surface area contributed by atoms with E-state index in [2.05, 4.69) is 9.97 Å². The zero-order valence-corrected chi connectivity index (χ0v) is 12.3. The Morgan fingerprint density at radius 2 is 1.86 bits per heavy atom. The van der Waals surface area contributed by atoms with Crippen molar-refractivity contribution < 1.29 is 13.3 Å². The van der Waals surface area contributed by atoms with Gasteiger partial charge in [-0.1, -0.05) is 17.7 Å². The SMILES string of the molecule is Cc1ccc(S(=O)(=O)c2c([N+](=O)[O-])cnc3[nH]ccc23)cc1. The summed E-state index contributed by atoms with van der Waals surface area (Å²) in [5.74, 6) is 0. The molecule has 0 saturated carbocycles. The van der Waals surface area contributed by atoms with Gasteiger partial charge < -0.3 is 4.98 Å². The van der Waals surface area contributed by atoms with E-state index in [0.717, 1.165) is 11.8 Å². The number of nitrogens with zero attached hydrogens (tertiary/aromatic N) is 2. The summed E-state index contributed by atoms with van der Waals surface area (Å²) in [5, 5.41) is 11.4. The van der Waals surface area contributed by atoms with Gasteiger partial charge in [0.25, 0.3) is 0 Å². The van der Waals surface area contributed by atoms with Crippen LogP contribution in [0, 0.1) is 17.0 Å². The minimum atomic E-state index is -4.03. The standard InChI is InChI=1S/C14H11N3O4S/c1-9-2-4-10(5-3-9)22(20,21)13-11-6-7-15-14(11)16-8-12(13)17(18)19/h2-8H,1H3,(H,15,16). The number of rotatable bonds is 3. The molecule has 2 aromatic heterocycles. The summed E-state index contributed by atoms with van der Waals surface area (Å²) in [6.07, 6.45) is 2.45. The average molecular weight is 317 g/mol. The first-order chi connectivity index (χ1) is 10.4. The second-order valence-electron chi connectivity index (χ2n) is 4.79. The Kier molecular flexibility index (Phi) is 3.18. The lowest BCUT2D eigenvalue weighted by atomic mass is 10.2. The van der Waals surface area contributed by atoms with Crippen LogP contribution in [0.3, 0.4) is 0 Å². The average Bonchev–Trinajstić information content (AvgIpc) is 2.94. The predicted molar refractivity (Wildman–Crippen MR) is 79.4 cm³/mol. The lowest BCUT2D eigenvalue weighted by molar-refractivity contribution is -0.387. The van der Waals surface area contributed by atoms with Crippen LogP contribution in [0.5, 0.6) is 0 Å². The number of pyridine rings is 1. The summed E-state index contributed by atoms with van der Waals surface area (Å²) in [6, 6.07) is 7.64. The van der Waals surface area contributed by atoms with E-state index in [1.54, 1.807) is 12.1 Å². The highest BCUT2D eigenvalue weighted by Gasteiger charge is 2.31. The number of nitro groups is 1. The third kappa shape index (κ3) is 2.13. The van der Waals surface area contributed by atoms with Crippen molar-refractivity contribution in [2.75, 3.05) is 0 Å². The first-order valence-electron chi connectivity index (χ1n) is 6.33. The zero-order chi connectivity index (χ0) is 15.9. The Morgan fingerprint density at radius 1 is 1.18 bits per heavy atom. The van der Waals surface area contributed by atoms with Crippen LogP contribution in [-0.4, -0.2) is 23.3 Å². The molecule has 0 aliphatic rings. The van der Waals surface area contributed by atoms with E-state index in [-0.39, 0.29) is 20.8 Å². The summed E-state index contributed by atoms with van der Waals surface area (Å²) >= 11 is 0. The molecule has 1 aromatic carbocycles. The topological polar surface area (TPSA) is 106 Å². The number of sulfone groups is 1. The van der Waals surface area contributed by atoms with Gasteiger partial charge in [0.1, 0.15) is 11.8 Å². The number of aromatic nitrogens is 2. The molecule has 7 nitrogen and oxygen atoms in total. The van der Waals surface area contributed by atoms with Gasteiger partial charge in [0, 0.05) is 11.6 Å². The van der Waals surface area contributed by atoms with Crippen LogP contribution >= 0.6 is 0 Å². The number of H-pyrrole nitrogens is 1. The van der Waals surface area contributed by atoms with Crippen LogP contribution < -0.4 is 0 Å². The summed E-state index contributed by atoms with van der Waals surface area (Å²) in [6.45, 7) is 1.83. The van der Waals surface area contributed by atoms with E-state index in [9.17, 15) is 18.5 Å². The maximum Gasteiger partial charge on any atom is 0.307 e. The van der Waals surface area contributed by atoms with Crippen molar-refractivity contribution in [1.82, 2.24) is 9.97 Å². The third-order valence-corrected chi connectivity index (χ3v) is 5.17. The van der Waals surface area contributed by atoms with Crippen molar-refractivity contribution in [2.45, 2.75) is 16.7 Å². The quantitative estimate of drug-likeness (QED) is 0.590. The minimum absolute atomic E-state index is 0.00917. The number of nitrogens with one attached hydrogen (secondary N) is 1. The monoisotopic (exact) mass is 317 g/mol. The number of hydrogen-bond donors (Lipinski definition) is 1. The number of hydrogen-bond acceptors (Lipinski definition) is 5.